The number of hydrazine groups is 1. The summed E-state index contributed by atoms with van der Waals surface area (Å²) in [5, 5.41) is 14.4. The SMILES string of the molecule is CCCN1C(C2=C(COc3cncc(O)c3C=O)CCCC2)=CCN1C. The summed E-state index contributed by atoms with van der Waals surface area (Å²) >= 11 is 0. The van der Waals surface area contributed by atoms with Gasteiger partial charge in [0.05, 0.1) is 18.1 Å². The number of rotatable bonds is 7. The van der Waals surface area contributed by atoms with Crippen LogP contribution in [-0.2, 0) is 0 Å². The number of carbonyl (C=O) groups excluding carboxylic acids is 1. The molecule has 3 rings (SSSR count). The lowest BCUT2D eigenvalue weighted by Gasteiger charge is -2.32. The van der Waals surface area contributed by atoms with Crippen molar-refractivity contribution in [1.29, 1.82) is 0 Å². The molecular weight excluding hydrogens is 330 g/mol. The van der Waals surface area contributed by atoms with E-state index in [2.05, 4.69) is 35.0 Å². The zero-order valence-electron chi connectivity index (χ0n) is 15.6. The highest BCUT2D eigenvalue weighted by Gasteiger charge is 2.26. The number of allylic oxidation sites excluding steroid dienone is 1. The summed E-state index contributed by atoms with van der Waals surface area (Å²) in [5.41, 5.74) is 4.11. The molecule has 1 aliphatic carbocycles. The fourth-order valence-corrected chi connectivity index (χ4v) is 3.66. The molecule has 26 heavy (non-hydrogen) atoms. The quantitative estimate of drug-likeness (QED) is 0.755. The van der Waals surface area contributed by atoms with Gasteiger partial charge < -0.3 is 14.9 Å². The maximum Gasteiger partial charge on any atom is 0.157 e. The second kappa shape index (κ2) is 8.36. The summed E-state index contributed by atoms with van der Waals surface area (Å²) in [7, 11) is 2.12. The van der Waals surface area contributed by atoms with E-state index >= 15 is 0 Å². The Kier molecular flexibility index (Phi) is 5.93. The first kappa shape index (κ1) is 18.5. The molecule has 6 nitrogen and oxygen atoms in total. The van der Waals surface area contributed by atoms with Crippen molar-refractivity contribution < 1.29 is 14.6 Å². The van der Waals surface area contributed by atoms with Gasteiger partial charge in [-0.15, -0.1) is 0 Å². The molecule has 0 bridgehead atoms. The van der Waals surface area contributed by atoms with E-state index in [1.54, 1.807) is 0 Å². The van der Waals surface area contributed by atoms with Crippen LogP contribution >= 0.6 is 0 Å². The van der Waals surface area contributed by atoms with Crippen LogP contribution in [-0.4, -0.2) is 53.1 Å². The number of aldehydes is 1. The predicted molar refractivity (Wildman–Crippen MR) is 100.0 cm³/mol. The molecule has 1 N–H and O–H groups in total. The van der Waals surface area contributed by atoms with Crippen LogP contribution in [0.15, 0.2) is 35.3 Å². The van der Waals surface area contributed by atoms with Crippen LogP contribution in [0.1, 0.15) is 49.4 Å². The van der Waals surface area contributed by atoms with Crippen LogP contribution < -0.4 is 4.74 Å². The van der Waals surface area contributed by atoms with Crippen LogP contribution in [0.4, 0.5) is 0 Å². The monoisotopic (exact) mass is 357 g/mol. The number of aromatic nitrogens is 1. The molecule has 0 spiro atoms. The first-order chi connectivity index (χ1) is 12.7. The van der Waals surface area contributed by atoms with Crippen molar-refractivity contribution in [2.75, 3.05) is 26.7 Å². The minimum Gasteiger partial charge on any atom is -0.505 e. The Morgan fingerprint density at radius 3 is 2.88 bits per heavy atom. The van der Waals surface area contributed by atoms with Crippen molar-refractivity contribution in [3.63, 3.8) is 0 Å². The van der Waals surface area contributed by atoms with E-state index in [1.807, 2.05) is 0 Å². The van der Waals surface area contributed by atoms with Crippen LogP contribution in [0.3, 0.4) is 0 Å². The molecule has 2 heterocycles. The van der Waals surface area contributed by atoms with E-state index in [0.29, 0.717) is 18.6 Å². The van der Waals surface area contributed by atoms with Gasteiger partial charge in [0.1, 0.15) is 17.9 Å². The molecule has 1 aromatic rings. The van der Waals surface area contributed by atoms with Crippen LogP contribution in [0.5, 0.6) is 11.5 Å². The molecule has 2 aliphatic rings. The minimum absolute atomic E-state index is 0.149. The summed E-state index contributed by atoms with van der Waals surface area (Å²) in [6, 6.07) is 0. The van der Waals surface area contributed by atoms with Gasteiger partial charge in [0, 0.05) is 20.1 Å². The molecule has 1 aliphatic heterocycles. The van der Waals surface area contributed by atoms with Crippen molar-refractivity contribution >= 4 is 6.29 Å². The minimum atomic E-state index is -0.149. The van der Waals surface area contributed by atoms with Crippen molar-refractivity contribution in [1.82, 2.24) is 15.0 Å². The Morgan fingerprint density at radius 1 is 1.31 bits per heavy atom. The lowest BCUT2D eigenvalue weighted by molar-refractivity contribution is 0.0720. The van der Waals surface area contributed by atoms with Gasteiger partial charge in [0.15, 0.2) is 12.0 Å². The molecule has 0 radical (unpaired) electrons. The molecule has 0 unspecified atom stereocenters. The highest BCUT2D eigenvalue weighted by molar-refractivity contribution is 5.82. The number of hydrogen-bond acceptors (Lipinski definition) is 6. The molecule has 0 amide bonds. The van der Waals surface area contributed by atoms with E-state index in [-0.39, 0.29) is 11.3 Å². The maximum absolute atomic E-state index is 11.2. The molecule has 0 saturated carbocycles. The van der Waals surface area contributed by atoms with Crippen LogP contribution in [0.25, 0.3) is 0 Å². The molecule has 0 atom stereocenters. The third kappa shape index (κ3) is 3.75. The summed E-state index contributed by atoms with van der Waals surface area (Å²) in [5.74, 6) is 0.185. The van der Waals surface area contributed by atoms with Crippen LogP contribution in [0.2, 0.25) is 0 Å². The molecule has 0 aromatic carbocycles. The Morgan fingerprint density at radius 2 is 2.12 bits per heavy atom. The summed E-state index contributed by atoms with van der Waals surface area (Å²) in [4.78, 5) is 15.1. The predicted octanol–water partition coefficient (Wildman–Crippen LogP) is 3.31. The van der Waals surface area contributed by atoms with Crippen molar-refractivity contribution in [3.05, 3.63) is 40.9 Å². The number of pyridine rings is 1. The number of nitrogens with zero attached hydrogens (tertiary/aromatic N) is 3. The van der Waals surface area contributed by atoms with E-state index in [0.717, 1.165) is 38.8 Å². The Labute approximate surface area is 154 Å². The first-order valence-electron chi connectivity index (χ1n) is 9.30. The van der Waals surface area contributed by atoms with Crippen LogP contribution in [0, 0.1) is 0 Å². The first-order valence-corrected chi connectivity index (χ1v) is 9.30. The number of hydrogen-bond donors (Lipinski definition) is 1. The number of carbonyl (C=O) groups is 1. The van der Waals surface area contributed by atoms with Gasteiger partial charge in [0.2, 0.25) is 0 Å². The van der Waals surface area contributed by atoms with Gasteiger partial charge in [-0.25, -0.2) is 5.01 Å². The number of ether oxygens (including phenoxy) is 1. The van der Waals surface area contributed by atoms with Crippen molar-refractivity contribution in [2.24, 2.45) is 0 Å². The lowest BCUT2D eigenvalue weighted by atomic mass is 9.90. The van der Waals surface area contributed by atoms with Crippen molar-refractivity contribution in [3.8, 4) is 11.5 Å². The van der Waals surface area contributed by atoms with E-state index in [1.165, 1.54) is 35.7 Å². The zero-order chi connectivity index (χ0) is 18.5. The van der Waals surface area contributed by atoms with Crippen molar-refractivity contribution in [2.45, 2.75) is 39.0 Å². The second-order valence-corrected chi connectivity index (χ2v) is 6.82. The average Bonchev–Trinajstić information content (AvgIpc) is 3.01. The van der Waals surface area contributed by atoms with E-state index in [4.69, 9.17) is 4.74 Å². The summed E-state index contributed by atoms with van der Waals surface area (Å²) in [6.07, 6.45) is 11.1. The smallest absolute Gasteiger partial charge is 0.157 e. The fraction of sp³-hybridized carbons (Fsp3) is 0.500. The number of aromatic hydroxyl groups is 1. The van der Waals surface area contributed by atoms with E-state index in [9.17, 15) is 9.90 Å². The highest BCUT2D eigenvalue weighted by atomic mass is 16.5. The van der Waals surface area contributed by atoms with Gasteiger partial charge in [-0.05, 0) is 49.3 Å². The molecular formula is C20H27N3O3. The standard InChI is InChI=1S/C20H27N3O3/c1-3-9-23-18(8-10-22(23)2)16-7-5-4-6-15(16)14-26-20-12-21-11-19(25)17(20)13-24/h8,11-13,25H,3-7,9-10,14H2,1-2H3. The third-order valence-corrected chi connectivity index (χ3v) is 5.02. The van der Waals surface area contributed by atoms with E-state index < -0.39 is 0 Å². The Balaban J connectivity index is 1.82. The van der Waals surface area contributed by atoms with Gasteiger partial charge >= 0.3 is 0 Å². The number of likely N-dealkylation sites (N-methyl/N-ethyl adjacent to an activating group) is 1. The molecule has 6 heteroatoms. The van der Waals surface area contributed by atoms with Gasteiger partial charge in [-0.2, -0.15) is 0 Å². The third-order valence-electron chi connectivity index (χ3n) is 5.02. The molecule has 1 aromatic heterocycles. The molecule has 140 valence electrons. The largest absolute Gasteiger partial charge is 0.505 e. The maximum atomic E-state index is 11.2. The van der Waals surface area contributed by atoms with Gasteiger partial charge in [-0.3, -0.25) is 9.78 Å². The molecule has 0 fully saturated rings. The lowest BCUT2D eigenvalue weighted by Crippen LogP contribution is -2.35. The summed E-state index contributed by atoms with van der Waals surface area (Å²) < 4.78 is 5.89. The van der Waals surface area contributed by atoms with Gasteiger partial charge in [-0.1, -0.05) is 6.92 Å². The second-order valence-electron chi connectivity index (χ2n) is 6.82. The Bertz CT molecular complexity index is 727. The summed E-state index contributed by atoms with van der Waals surface area (Å²) in [6.45, 7) is 4.55. The average molecular weight is 357 g/mol. The Hall–Kier alpha value is -2.34. The molecule has 0 saturated heterocycles. The van der Waals surface area contributed by atoms with Gasteiger partial charge in [0.25, 0.3) is 0 Å². The fourth-order valence-electron chi connectivity index (χ4n) is 3.66. The topological polar surface area (TPSA) is 65.9 Å². The zero-order valence-corrected chi connectivity index (χ0v) is 15.6. The highest BCUT2D eigenvalue weighted by Crippen LogP contribution is 2.35. The normalized spacial score (nSPS) is 18.2.